The van der Waals surface area contributed by atoms with Crippen LogP contribution in [0.15, 0.2) is 36.4 Å². The van der Waals surface area contributed by atoms with Crippen LogP contribution >= 0.6 is 0 Å². The molecular weight excluding hydrogens is 250 g/mol. The van der Waals surface area contributed by atoms with Gasteiger partial charge in [-0.05, 0) is 67.1 Å². The molecule has 0 bridgehead atoms. The first-order valence-corrected chi connectivity index (χ1v) is 6.86. The van der Waals surface area contributed by atoms with Crippen molar-refractivity contribution in [3.63, 3.8) is 0 Å². The standard InChI is InChI=1S/C17H17NO2/c1-11-5-6-14(10-16(11)19)17(20)18-15-8-7-12-3-2-4-13(12)9-15/h5-10,19H,2-4H2,1H3,(H,18,20). The highest BCUT2D eigenvalue weighted by molar-refractivity contribution is 6.04. The fourth-order valence-corrected chi connectivity index (χ4v) is 2.60. The summed E-state index contributed by atoms with van der Waals surface area (Å²) in [6.45, 7) is 1.80. The van der Waals surface area contributed by atoms with Gasteiger partial charge < -0.3 is 10.4 Å². The number of anilines is 1. The van der Waals surface area contributed by atoms with Crippen molar-refractivity contribution in [2.24, 2.45) is 0 Å². The summed E-state index contributed by atoms with van der Waals surface area (Å²) >= 11 is 0. The molecule has 1 aliphatic rings. The molecule has 0 saturated heterocycles. The number of nitrogens with one attached hydrogen (secondary N) is 1. The lowest BCUT2D eigenvalue weighted by molar-refractivity contribution is 0.102. The Labute approximate surface area is 118 Å². The fraction of sp³-hybridized carbons (Fsp3) is 0.235. The molecule has 1 amide bonds. The van der Waals surface area contributed by atoms with Gasteiger partial charge >= 0.3 is 0 Å². The van der Waals surface area contributed by atoms with E-state index in [-0.39, 0.29) is 11.7 Å². The first-order chi connectivity index (χ1) is 9.63. The molecule has 3 rings (SSSR count). The predicted molar refractivity (Wildman–Crippen MR) is 79.3 cm³/mol. The number of carbonyl (C=O) groups excluding carboxylic acids is 1. The molecule has 2 N–H and O–H groups in total. The number of benzene rings is 2. The molecule has 0 heterocycles. The van der Waals surface area contributed by atoms with Crippen LogP contribution in [-0.4, -0.2) is 11.0 Å². The molecule has 0 fully saturated rings. The second-order valence-corrected chi connectivity index (χ2v) is 5.29. The number of amides is 1. The molecule has 0 spiro atoms. The number of aromatic hydroxyl groups is 1. The SMILES string of the molecule is Cc1ccc(C(=O)Nc2ccc3c(c2)CCC3)cc1O. The number of fused-ring (bicyclic) bond motifs is 1. The van der Waals surface area contributed by atoms with Crippen molar-refractivity contribution in [2.45, 2.75) is 26.2 Å². The van der Waals surface area contributed by atoms with Gasteiger partial charge in [0.25, 0.3) is 5.91 Å². The molecule has 0 unspecified atom stereocenters. The maximum Gasteiger partial charge on any atom is 0.255 e. The average Bonchev–Trinajstić information content (AvgIpc) is 2.89. The van der Waals surface area contributed by atoms with Crippen molar-refractivity contribution < 1.29 is 9.90 Å². The number of hydrogen-bond donors (Lipinski definition) is 2. The van der Waals surface area contributed by atoms with Crippen molar-refractivity contribution in [3.05, 3.63) is 58.7 Å². The van der Waals surface area contributed by atoms with E-state index >= 15 is 0 Å². The molecule has 1 aliphatic carbocycles. The van der Waals surface area contributed by atoms with E-state index in [0.29, 0.717) is 5.56 Å². The molecule has 0 saturated carbocycles. The van der Waals surface area contributed by atoms with Crippen LogP contribution in [0.25, 0.3) is 0 Å². The summed E-state index contributed by atoms with van der Waals surface area (Å²) in [7, 11) is 0. The summed E-state index contributed by atoms with van der Waals surface area (Å²) in [5, 5.41) is 12.5. The minimum absolute atomic E-state index is 0.145. The summed E-state index contributed by atoms with van der Waals surface area (Å²) in [6, 6.07) is 11.0. The number of phenols is 1. The molecule has 2 aromatic rings. The monoisotopic (exact) mass is 267 g/mol. The quantitative estimate of drug-likeness (QED) is 0.875. The maximum atomic E-state index is 12.2. The number of hydrogen-bond acceptors (Lipinski definition) is 2. The van der Waals surface area contributed by atoms with E-state index in [1.807, 2.05) is 12.1 Å². The Bertz CT molecular complexity index is 677. The molecule has 20 heavy (non-hydrogen) atoms. The van der Waals surface area contributed by atoms with Crippen molar-refractivity contribution in [3.8, 4) is 5.75 Å². The second kappa shape index (κ2) is 5.00. The third-order valence-electron chi connectivity index (χ3n) is 3.83. The number of phenolic OH excluding ortho intramolecular Hbond substituents is 1. The van der Waals surface area contributed by atoms with Crippen molar-refractivity contribution in [1.82, 2.24) is 0 Å². The number of carbonyl (C=O) groups is 1. The molecule has 0 radical (unpaired) electrons. The van der Waals surface area contributed by atoms with Crippen molar-refractivity contribution in [2.75, 3.05) is 5.32 Å². The van der Waals surface area contributed by atoms with Crippen LogP contribution in [0.1, 0.15) is 33.5 Å². The molecule has 3 heteroatoms. The van der Waals surface area contributed by atoms with Gasteiger partial charge in [0.2, 0.25) is 0 Å². The summed E-state index contributed by atoms with van der Waals surface area (Å²) in [4.78, 5) is 12.2. The normalized spacial score (nSPS) is 13.1. The van der Waals surface area contributed by atoms with Gasteiger partial charge in [0.1, 0.15) is 5.75 Å². The van der Waals surface area contributed by atoms with E-state index in [1.165, 1.54) is 23.6 Å². The van der Waals surface area contributed by atoms with Crippen LogP contribution in [0.3, 0.4) is 0 Å². The Kier molecular flexibility index (Phi) is 3.18. The zero-order valence-corrected chi connectivity index (χ0v) is 11.4. The summed E-state index contributed by atoms with van der Waals surface area (Å²) in [5.41, 5.74) is 4.76. The van der Waals surface area contributed by atoms with Gasteiger partial charge in [-0.3, -0.25) is 4.79 Å². The van der Waals surface area contributed by atoms with E-state index in [4.69, 9.17) is 0 Å². The van der Waals surface area contributed by atoms with Gasteiger partial charge in [-0.2, -0.15) is 0 Å². The fourth-order valence-electron chi connectivity index (χ4n) is 2.60. The van der Waals surface area contributed by atoms with Gasteiger partial charge in [0.05, 0.1) is 0 Å². The van der Waals surface area contributed by atoms with Gasteiger partial charge in [-0.25, -0.2) is 0 Å². The summed E-state index contributed by atoms with van der Waals surface area (Å²) in [6.07, 6.45) is 3.42. The van der Waals surface area contributed by atoms with Gasteiger partial charge in [0, 0.05) is 11.3 Å². The lowest BCUT2D eigenvalue weighted by Crippen LogP contribution is -2.12. The topological polar surface area (TPSA) is 49.3 Å². The van der Waals surface area contributed by atoms with Crippen LogP contribution in [0.4, 0.5) is 5.69 Å². The van der Waals surface area contributed by atoms with Crippen LogP contribution in [-0.2, 0) is 12.8 Å². The molecule has 3 nitrogen and oxygen atoms in total. The first-order valence-electron chi connectivity index (χ1n) is 6.86. The van der Waals surface area contributed by atoms with Gasteiger partial charge in [-0.1, -0.05) is 12.1 Å². The average molecular weight is 267 g/mol. The predicted octanol–water partition coefficient (Wildman–Crippen LogP) is 3.44. The molecule has 2 aromatic carbocycles. The number of aryl methyl sites for hydroxylation is 3. The van der Waals surface area contributed by atoms with Crippen LogP contribution < -0.4 is 5.32 Å². The maximum absolute atomic E-state index is 12.2. The Hall–Kier alpha value is -2.29. The molecular formula is C17H17NO2. The van der Waals surface area contributed by atoms with Gasteiger partial charge in [-0.15, -0.1) is 0 Å². The first kappa shape index (κ1) is 12.7. The van der Waals surface area contributed by atoms with E-state index in [1.54, 1.807) is 19.1 Å². The van der Waals surface area contributed by atoms with Crippen molar-refractivity contribution >= 4 is 11.6 Å². The Morgan fingerprint density at radius 2 is 1.90 bits per heavy atom. The van der Waals surface area contributed by atoms with Crippen LogP contribution in [0.5, 0.6) is 5.75 Å². The van der Waals surface area contributed by atoms with Crippen LogP contribution in [0.2, 0.25) is 0 Å². The Morgan fingerprint density at radius 1 is 1.10 bits per heavy atom. The van der Waals surface area contributed by atoms with Gasteiger partial charge in [0.15, 0.2) is 0 Å². The molecule has 102 valence electrons. The highest BCUT2D eigenvalue weighted by Gasteiger charge is 2.13. The lowest BCUT2D eigenvalue weighted by Gasteiger charge is -2.08. The van der Waals surface area contributed by atoms with E-state index < -0.39 is 0 Å². The van der Waals surface area contributed by atoms with Crippen molar-refractivity contribution in [1.29, 1.82) is 0 Å². The third-order valence-corrected chi connectivity index (χ3v) is 3.83. The minimum Gasteiger partial charge on any atom is -0.508 e. The summed E-state index contributed by atoms with van der Waals surface area (Å²) in [5.74, 6) is -0.0511. The molecule has 0 aromatic heterocycles. The highest BCUT2D eigenvalue weighted by Crippen LogP contribution is 2.25. The largest absolute Gasteiger partial charge is 0.508 e. The van der Waals surface area contributed by atoms with E-state index in [0.717, 1.165) is 24.1 Å². The highest BCUT2D eigenvalue weighted by atomic mass is 16.3. The Balaban J connectivity index is 1.80. The summed E-state index contributed by atoms with van der Waals surface area (Å²) < 4.78 is 0. The third kappa shape index (κ3) is 2.39. The smallest absolute Gasteiger partial charge is 0.255 e. The second-order valence-electron chi connectivity index (χ2n) is 5.29. The molecule has 0 aliphatic heterocycles. The lowest BCUT2D eigenvalue weighted by atomic mass is 10.1. The minimum atomic E-state index is -0.196. The zero-order chi connectivity index (χ0) is 14.1. The van der Waals surface area contributed by atoms with Crippen LogP contribution in [0, 0.1) is 6.92 Å². The van der Waals surface area contributed by atoms with E-state index in [9.17, 15) is 9.90 Å². The zero-order valence-electron chi connectivity index (χ0n) is 11.4. The Morgan fingerprint density at radius 3 is 2.70 bits per heavy atom. The number of rotatable bonds is 2. The van der Waals surface area contributed by atoms with E-state index in [2.05, 4.69) is 11.4 Å². The molecule has 0 atom stereocenters.